The van der Waals surface area contributed by atoms with Crippen molar-refractivity contribution in [2.75, 3.05) is 19.6 Å². The predicted molar refractivity (Wildman–Crippen MR) is 76.5 cm³/mol. The summed E-state index contributed by atoms with van der Waals surface area (Å²) >= 11 is 0. The van der Waals surface area contributed by atoms with Gasteiger partial charge in [-0.3, -0.25) is 4.90 Å². The molecule has 1 saturated heterocycles. The van der Waals surface area contributed by atoms with Gasteiger partial charge in [0.1, 0.15) is 0 Å². The lowest BCUT2D eigenvalue weighted by molar-refractivity contribution is 0.0580. The second-order valence-electron chi connectivity index (χ2n) is 5.95. The Hall–Kier alpha value is -0.0800. The molecule has 1 rings (SSSR count). The van der Waals surface area contributed by atoms with Crippen molar-refractivity contribution in [3.05, 3.63) is 0 Å². The summed E-state index contributed by atoms with van der Waals surface area (Å²) in [5.74, 6) is 0. The van der Waals surface area contributed by atoms with E-state index >= 15 is 0 Å². The molecule has 0 radical (unpaired) electrons. The van der Waals surface area contributed by atoms with E-state index in [4.69, 9.17) is 0 Å². The van der Waals surface area contributed by atoms with Gasteiger partial charge in [0.15, 0.2) is 0 Å². The predicted octanol–water partition coefficient (Wildman–Crippen LogP) is 3.42. The molecule has 102 valence electrons. The Morgan fingerprint density at radius 3 is 2.29 bits per heavy atom. The molecular formula is C15H32N2. The van der Waals surface area contributed by atoms with Crippen LogP contribution in [0.2, 0.25) is 0 Å². The Morgan fingerprint density at radius 2 is 1.76 bits per heavy atom. The third-order valence-corrected chi connectivity index (χ3v) is 4.32. The van der Waals surface area contributed by atoms with Gasteiger partial charge in [-0.25, -0.2) is 0 Å². The lowest BCUT2D eigenvalue weighted by atomic mass is 9.87. The summed E-state index contributed by atoms with van der Waals surface area (Å²) in [6.07, 6.45) is 8.15. The molecular weight excluding hydrogens is 208 g/mol. The summed E-state index contributed by atoms with van der Waals surface area (Å²) in [5, 5.41) is 3.71. The molecule has 0 saturated carbocycles. The van der Waals surface area contributed by atoms with Crippen LogP contribution < -0.4 is 5.32 Å². The molecule has 17 heavy (non-hydrogen) atoms. The van der Waals surface area contributed by atoms with Crippen LogP contribution in [0.5, 0.6) is 0 Å². The maximum absolute atomic E-state index is 3.71. The first-order valence-corrected chi connectivity index (χ1v) is 7.61. The van der Waals surface area contributed by atoms with Gasteiger partial charge in [-0.1, -0.05) is 33.1 Å². The van der Waals surface area contributed by atoms with Crippen molar-refractivity contribution >= 4 is 0 Å². The highest BCUT2D eigenvalue weighted by molar-refractivity contribution is 4.94. The van der Waals surface area contributed by atoms with Crippen LogP contribution >= 0.6 is 0 Å². The van der Waals surface area contributed by atoms with Gasteiger partial charge in [0.2, 0.25) is 0 Å². The summed E-state index contributed by atoms with van der Waals surface area (Å²) in [6.45, 7) is 13.1. The summed E-state index contributed by atoms with van der Waals surface area (Å²) < 4.78 is 0. The van der Waals surface area contributed by atoms with Crippen LogP contribution in [-0.2, 0) is 0 Å². The standard InChI is InChI=1S/C15H32N2/c1-5-7-11-14(16-6-2)15(3,4)17-12-9-8-10-13-17/h14,16H,5-13H2,1-4H3. The molecule has 1 atom stereocenters. The molecule has 0 aliphatic carbocycles. The highest BCUT2D eigenvalue weighted by Crippen LogP contribution is 2.26. The number of piperidine rings is 1. The van der Waals surface area contributed by atoms with Crippen molar-refractivity contribution in [3.63, 3.8) is 0 Å². The van der Waals surface area contributed by atoms with E-state index < -0.39 is 0 Å². The van der Waals surface area contributed by atoms with E-state index in [0.29, 0.717) is 11.6 Å². The fourth-order valence-electron chi connectivity index (χ4n) is 3.05. The fraction of sp³-hybridized carbons (Fsp3) is 1.00. The lowest BCUT2D eigenvalue weighted by Gasteiger charge is -2.46. The minimum Gasteiger partial charge on any atom is -0.312 e. The lowest BCUT2D eigenvalue weighted by Crippen LogP contribution is -2.58. The van der Waals surface area contributed by atoms with Crippen LogP contribution in [0.1, 0.15) is 66.2 Å². The monoisotopic (exact) mass is 240 g/mol. The minimum absolute atomic E-state index is 0.311. The number of rotatable bonds is 7. The number of likely N-dealkylation sites (N-methyl/N-ethyl adjacent to an activating group) is 1. The molecule has 0 bridgehead atoms. The minimum atomic E-state index is 0.311. The Morgan fingerprint density at radius 1 is 1.12 bits per heavy atom. The van der Waals surface area contributed by atoms with E-state index in [1.165, 1.54) is 51.6 Å². The first-order valence-electron chi connectivity index (χ1n) is 7.61. The number of unbranched alkanes of at least 4 members (excludes halogenated alkanes) is 1. The van der Waals surface area contributed by atoms with E-state index in [9.17, 15) is 0 Å². The fourth-order valence-corrected chi connectivity index (χ4v) is 3.05. The van der Waals surface area contributed by atoms with Gasteiger partial charge >= 0.3 is 0 Å². The van der Waals surface area contributed by atoms with Crippen LogP contribution in [0, 0.1) is 0 Å². The van der Waals surface area contributed by atoms with E-state index in [1.807, 2.05) is 0 Å². The molecule has 1 N–H and O–H groups in total. The quantitative estimate of drug-likeness (QED) is 0.733. The third-order valence-electron chi connectivity index (χ3n) is 4.32. The number of hydrogen-bond donors (Lipinski definition) is 1. The Balaban J connectivity index is 2.60. The molecule has 2 nitrogen and oxygen atoms in total. The molecule has 1 fully saturated rings. The first kappa shape index (κ1) is 15.0. The molecule has 1 heterocycles. The van der Waals surface area contributed by atoms with Gasteiger partial charge in [-0.05, 0) is 52.7 Å². The van der Waals surface area contributed by atoms with E-state index in [1.54, 1.807) is 0 Å². The summed E-state index contributed by atoms with van der Waals surface area (Å²) in [6, 6.07) is 0.644. The second-order valence-corrected chi connectivity index (χ2v) is 5.95. The normalized spacial score (nSPS) is 20.5. The van der Waals surface area contributed by atoms with E-state index in [0.717, 1.165) is 6.54 Å². The maximum atomic E-state index is 3.71. The largest absolute Gasteiger partial charge is 0.312 e. The zero-order chi connectivity index (χ0) is 12.7. The number of likely N-dealkylation sites (tertiary alicyclic amines) is 1. The molecule has 1 unspecified atom stereocenters. The van der Waals surface area contributed by atoms with Crippen LogP contribution in [0.25, 0.3) is 0 Å². The van der Waals surface area contributed by atoms with Gasteiger partial charge in [0, 0.05) is 11.6 Å². The zero-order valence-electron chi connectivity index (χ0n) is 12.4. The molecule has 0 aromatic rings. The zero-order valence-corrected chi connectivity index (χ0v) is 12.4. The molecule has 0 aromatic carbocycles. The topological polar surface area (TPSA) is 15.3 Å². The molecule has 1 aliphatic rings. The summed E-state index contributed by atoms with van der Waals surface area (Å²) in [5.41, 5.74) is 0.311. The average molecular weight is 240 g/mol. The van der Waals surface area contributed by atoms with E-state index in [-0.39, 0.29) is 0 Å². The highest BCUT2D eigenvalue weighted by Gasteiger charge is 2.34. The van der Waals surface area contributed by atoms with Crippen LogP contribution in [0.4, 0.5) is 0 Å². The summed E-state index contributed by atoms with van der Waals surface area (Å²) in [7, 11) is 0. The van der Waals surface area contributed by atoms with Crippen molar-refractivity contribution in [1.29, 1.82) is 0 Å². The Labute approximate surface area is 108 Å². The van der Waals surface area contributed by atoms with Crippen LogP contribution in [0.15, 0.2) is 0 Å². The molecule has 0 spiro atoms. The van der Waals surface area contributed by atoms with Crippen molar-refractivity contribution in [1.82, 2.24) is 10.2 Å². The Bertz CT molecular complexity index is 195. The second kappa shape index (κ2) is 7.38. The first-order chi connectivity index (χ1) is 8.12. The van der Waals surface area contributed by atoms with Gasteiger partial charge in [-0.2, -0.15) is 0 Å². The Kier molecular flexibility index (Phi) is 6.50. The van der Waals surface area contributed by atoms with Crippen molar-refractivity contribution < 1.29 is 0 Å². The molecule has 2 heteroatoms. The average Bonchev–Trinajstić information content (AvgIpc) is 2.35. The number of hydrogen-bond acceptors (Lipinski definition) is 2. The number of nitrogens with one attached hydrogen (secondary N) is 1. The highest BCUT2D eigenvalue weighted by atomic mass is 15.2. The van der Waals surface area contributed by atoms with Crippen molar-refractivity contribution in [2.24, 2.45) is 0 Å². The van der Waals surface area contributed by atoms with E-state index in [2.05, 4.69) is 37.9 Å². The SMILES string of the molecule is CCCCC(NCC)C(C)(C)N1CCCCC1. The molecule has 0 aromatic heterocycles. The maximum Gasteiger partial charge on any atom is 0.0306 e. The van der Waals surface area contributed by atoms with Crippen molar-refractivity contribution in [2.45, 2.75) is 77.8 Å². The van der Waals surface area contributed by atoms with Gasteiger partial charge in [0.25, 0.3) is 0 Å². The molecule has 0 amide bonds. The summed E-state index contributed by atoms with van der Waals surface area (Å²) in [4.78, 5) is 2.71. The van der Waals surface area contributed by atoms with Crippen LogP contribution in [0.3, 0.4) is 0 Å². The van der Waals surface area contributed by atoms with Crippen LogP contribution in [-0.4, -0.2) is 36.1 Å². The smallest absolute Gasteiger partial charge is 0.0306 e. The van der Waals surface area contributed by atoms with Gasteiger partial charge < -0.3 is 5.32 Å². The number of nitrogens with zero attached hydrogens (tertiary/aromatic N) is 1. The third kappa shape index (κ3) is 4.26. The van der Waals surface area contributed by atoms with Gasteiger partial charge in [-0.15, -0.1) is 0 Å². The van der Waals surface area contributed by atoms with Crippen molar-refractivity contribution in [3.8, 4) is 0 Å². The molecule has 1 aliphatic heterocycles. The van der Waals surface area contributed by atoms with Gasteiger partial charge in [0.05, 0.1) is 0 Å².